The number of anilines is 2. The summed E-state index contributed by atoms with van der Waals surface area (Å²) in [5, 5.41) is 14.1. The Kier molecular flexibility index (Phi) is 5.43. The van der Waals surface area contributed by atoms with E-state index in [0.717, 1.165) is 0 Å². The van der Waals surface area contributed by atoms with Gasteiger partial charge in [-0.1, -0.05) is 35.9 Å². The van der Waals surface area contributed by atoms with E-state index in [1.807, 2.05) is 6.07 Å². The molecule has 1 heterocycles. The first-order valence-corrected chi connectivity index (χ1v) is 8.22. The van der Waals surface area contributed by atoms with Crippen LogP contribution in [0.25, 0.3) is 0 Å². The third-order valence-electron chi connectivity index (χ3n) is 3.79. The molecule has 0 saturated carbocycles. The Labute approximate surface area is 152 Å². The summed E-state index contributed by atoms with van der Waals surface area (Å²) in [6, 6.07) is 18.7. The second kappa shape index (κ2) is 8.11. The molecule has 3 aromatic rings. The summed E-state index contributed by atoms with van der Waals surface area (Å²) in [6.45, 7) is 2.72. The van der Waals surface area contributed by atoms with Gasteiger partial charge in [0.15, 0.2) is 5.82 Å². The van der Waals surface area contributed by atoms with Crippen molar-refractivity contribution < 1.29 is 9.53 Å². The molecule has 6 nitrogen and oxygen atoms in total. The highest BCUT2D eigenvalue weighted by Crippen LogP contribution is 2.14. The van der Waals surface area contributed by atoms with Crippen LogP contribution in [-0.2, 0) is 6.54 Å². The molecule has 132 valence electrons. The molecule has 26 heavy (non-hydrogen) atoms. The number of hydrogen-bond donors (Lipinski definition) is 2. The summed E-state index contributed by atoms with van der Waals surface area (Å²) in [4.78, 5) is 12.3. The number of benzene rings is 2. The Morgan fingerprint density at radius 3 is 2.50 bits per heavy atom. The lowest BCUT2D eigenvalue weighted by Crippen LogP contribution is -2.13. The Bertz CT molecular complexity index is 894. The largest absolute Gasteiger partial charge is 0.497 e. The molecule has 1 amide bonds. The van der Waals surface area contributed by atoms with Crippen molar-refractivity contribution in [3.8, 4) is 5.75 Å². The van der Waals surface area contributed by atoms with E-state index in [2.05, 4.69) is 46.0 Å². The second-order valence-corrected chi connectivity index (χ2v) is 5.83. The molecular formula is C20H20N4O2. The van der Waals surface area contributed by atoms with Crippen LogP contribution in [0.15, 0.2) is 60.7 Å². The molecule has 0 spiro atoms. The molecule has 0 unspecified atom stereocenters. The maximum atomic E-state index is 12.3. The van der Waals surface area contributed by atoms with Crippen LogP contribution in [0.3, 0.4) is 0 Å². The number of hydrogen-bond acceptors (Lipinski definition) is 5. The summed E-state index contributed by atoms with van der Waals surface area (Å²) >= 11 is 0. The van der Waals surface area contributed by atoms with Crippen molar-refractivity contribution in [2.45, 2.75) is 13.5 Å². The molecule has 2 N–H and O–H groups in total. The maximum absolute atomic E-state index is 12.3. The lowest BCUT2D eigenvalue weighted by molar-refractivity contribution is 0.102. The van der Waals surface area contributed by atoms with E-state index in [9.17, 15) is 4.79 Å². The zero-order chi connectivity index (χ0) is 18.4. The van der Waals surface area contributed by atoms with Crippen LogP contribution in [0.2, 0.25) is 0 Å². The molecule has 3 rings (SSSR count). The first-order valence-electron chi connectivity index (χ1n) is 8.22. The Morgan fingerprint density at radius 2 is 1.77 bits per heavy atom. The number of aryl methyl sites for hydroxylation is 1. The molecule has 0 bridgehead atoms. The molecule has 6 heteroatoms. The van der Waals surface area contributed by atoms with E-state index in [4.69, 9.17) is 4.74 Å². The SMILES string of the molecule is COc1cccc(C(=O)Nc2ccc(NCc3cccc(C)c3)nn2)c1. The minimum absolute atomic E-state index is 0.265. The summed E-state index contributed by atoms with van der Waals surface area (Å²) < 4.78 is 5.13. The van der Waals surface area contributed by atoms with E-state index < -0.39 is 0 Å². The van der Waals surface area contributed by atoms with Crippen LogP contribution in [-0.4, -0.2) is 23.2 Å². The Hall–Kier alpha value is -3.41. The average molecular weight is 348 g/mol. The van der Waals surface area contributed by atoms with Gasteiger partial charge in [0.25, 0.3) is 5.91 Å². The van der Waals surface area contributed by atoms with Gasteiger partial charge in [0.05, 0.1) is 7.11 Å². The van der Waals surface area contributed by atoms with E-state index in [1.165, 1.54) is 11.1 Å². The number of aromatic nitrogens is 2. The smallest absolute Gasteiger partial charge is 0.256 e. The predicted octanol–water partition coefficient (Wildman–Crippen LogP) is 3.66. The fourth-order valence-corrected chi connectivity index (χ4v) is 2.46. The highest BCUT2D eigenvalue weighted by molar-refractivity contribution is 6.03. The normalized spacial score (nSPS) is 10.2. The molecule has 0 saturated heterocycles. The van der Waals surface area contributed by atoms with E-state index in [-0.39, 0.29) is 5.91 Å². The third kappa shape index (κ3) is 4.57. The van der Waals surface area contributed by atoms with Gasteiger partial charge in [0, 0.05) is 12.1 Å². The number of ether oxygens (including phenoxy) is 1. The zero-order valence-corrected chi connectivity index (χ0v) is 14.7. The molecule has 0 fully saturated rings. The fourth-order valence-electron chi connectivity index (χ4n) is 2.46. The zero-order valence-electron chi connectivity index (χ0n) is 14.7. The minimum Gasteiger partial charge on any atom is -0.497 e. The molecule has 0 aliphatic rings. The molecule has 0 radical (unpaired) electrons. The van der Waals surface area contributed by atoms with Gasteiger partial charge in [0.1, 0.15) is 11.6 Å². The Balaban J connectivity index is 1.59. The van der Waals surface area contributed by atoms with Crippen LogP contribution in [0.4, 0.5) is 11.6 Å². The van der Waals surface area contributed by atoms with Crippen molar-refractivity contribution in [3.63, 3.8) is 0 Å². The summed E-state index contributed by atoms with van der Waals surface area (Å²) in [6.07, 6.45) is 0. The maximum Gasteiger partial charge on any atom is 0.256 e. The Morgan fingerprint density at radius 1 is 1.00 bits per heavy atom. The fraction of sp³-hybridized carbons (Fsp3) is 0.150. The van der Waals surface area contributed by atoms with Crippen molar-refractivity contribution in [2.75, 3.05) is 17.7 Å². The molecule has 0 aliphatic heterocycles. The van der Waals surface area contributed by atoms with Crippen LogP contribution in [0.5, 0.6) is 5.75 Å². The third-order valence-corrected chi connectivity index (χ3v) is 3.79. The molecule has 1 aromatic heterocycles. The molecular weight excluding hydrogens is 328 g/mol. The van der Waals surface area contributed by atoms with E-state index >= 15 is 0 Å². The minimum atomic E-state index is -0.265. The average Bonchev–Trinajstić information content (AvgIpc) is 2.67. The topological polar surface area (TPSA) is 76.1 Å². The monoisotopic (exact) mass is 348 g/mol. The van der Waals surface area contributed by atoms with Gasteiger partial charge in [-0.2, -0.15) is 0 Å². The van der Waals surface area contributed by atoms with Gasteiger partial charge in [-0.25, -0.2) is 0 Å². The molecule has 0 aliphatic carbocycles. The number of carbonyl (C=O) groups is 1. The van der Waals surface area contributed by atoms with Crippen LogP contribution in [0, 0.1) is 6.92 Å². The quantitative estimate of drug-likeness (QED) is 0.711. The van der Waals surface area contributed by atoms with Crippen molar-refractivity contribution in [1.29, 1.82) is 0 Å². The lowest BCUT2D eigenvalue weighted by Gasteiger charge is -2.08. The second-order valence-electron chi connectivity index (χ2n) is 5.83. The van der Waals surface area contributed by atoms with Crippen LogP contribution >= 0.6 is 0 Å². The number of nitrogens with zero attached hydrogens (tertiary/aromatic N) is 2. The van der Waals surface area contributed by atoms with Gasteiger partial charge in [-0.05, 0) is 42.8 Å². The number of carbonyl (C=O) groups excluding carboxylic acids is 1. The summed E-state index contributed by atoms with van der Waals surface area (Å²) in [5.74, 6) is 1.39. The lowest BCUT2D eigenvalue weighted by atomic mass is 10.1. The first kappa shape index (κ1) is 17.4. The van der Waals surface area contributed by atoms with Gasteiger partial charge in [-0.15, -0.1) is 10.2 Å². The van der Waals surface area contributed by atoms with Crippen molar-refractivity contribution in [3.05, 3.63) is 77.4 Å². The van der Waals surface area contributed by atoms with Gasteiger partial charge >= 0.3 is 0 Å². The standard InChI is InChI=1S/C20H20N4O2/c1-14-5-3-6-15(11-14)13-21-18-9-10-19(24-23-18)22-20(25)16-7-4-8-17(12-16)26-2/h3-12H,13H2,1-2H3,(H,21,23)(H,22,24,25). The molecule has 0 atom stereocenters. The number of nitrogens with one attached hydrogen (secondary N) is 2. The number of rotatable bonds is 6. The van der Waals surface area contributed by atoms with E-state index in [0.29, 0.717) is 29.5 Å². The predicted molar refractivity (Wildman–Crippen MR) is 101 cm³/mol. The number of methoxy groups -OCH3 is 1. The highest BCUT2D eigenvalue weighted by Gasteiger charge is 2.08. The van der Waals surface area contributed by atoms with Gasteiger partial charge in [-0.3, -0.25) is 4.79 Å². The first-order chi connectivity index (χ1) is 12.6. The summed E-state index contributed by atoms with van der Waals surface area (Å²) in [7, 11) is 1.56. The summed E-state index contributed by atoms with van der Waals surface area (Å²) in [5.41, 5.74) is 2.88. The van der Waals surface area contributed by atoms with Crippen LogP contribution < -0.4 is 15.4 Å². The van der Waals surface area contributed by atoms with Crippen molar-refractivity contribution in [1.82, 2.24) is 10.2 Å². The molecule has 2 aromatic carbocycles. The van der Waals surface area contributed by atoms with Gasteiger partial charge < -0.3 is 15.4 Å². The van der Waals surface area contributed by atoms with Gasteiger partial charge in [0.2, 0.25) is 0 Å². The highest BCUT2D eigenvalue weighted by atomic mass is 16.5. The van der Waals surface area contributed by atoms with Crippen molar-refractivity contribution in [2.24, 2.45) is 0 Å². The van der Waals surface area contributed by atoms with Crippen LogP contribution in [0.1, 0.15) is 21.5 Å². The van der Waals surface area contributed by atoms with Crippen molar-refractivity contribution >= 4 is 17.5 Å². The van der Waals surface area contributed by atoms with E-state index in [1.54, 1.807) is 43.5 Å². The number of amides is 1.